The van der Waals surface area contributed by atoms with Crippen molar-refractivity contribution in [3.8, 4) is 11.3 Å². The maximum atomic E-state index is 6.20. The second kappa shape index (κ2) is 5.79. The summed E-state index contributed by atoms with van der Waals surface area (Å²) in [6.07, 6.45) is 2.96. The summed E-state index contributed by atoms with van der Waals surface area (Å²) in [6, 6.07) is 17.0. The van der Waals surface area contributed by atoms with Crippen LogP contribution in [0.15, 0.2) is 59.1 Å². The van der Waals surface area contributed by atoms with Gasteiger partial charge < -0.3 is 4.42 Å². The quantitative estimate of drug-likeness (QED) is 0.453. The van der Waals surface area contributed by atoms with Gasteiger partial charge in [0.2, 0.25) is 0 Å². The summed E-state index contributed by atoms with van der Waals surface area (Å²) in [4.78, 5) is 4.59. The molecule has 0 bridgehead atoms. The normalized spacial score (nSPS) is 11.7. The van der Waals surface area contributed by atoms with Gasteiger partial charge in [0, 0.05) is 22.5 Å². The molecule has 2 heterocycles. The minimum Gasteiger partial charge on any atom is -0.455 e. The number of benzene rings is 2. The summed E-state index contributed by atoms with van der Waals surface area (Å²) in [5.74, 6) is 0.630. The Balaban J connectivity index is 1.92. The van der Waals surface area contributed by atoms with Gasteiger partial charge in [-0.25, -0.2) is 0 Å². The van der Waals surface area contributed by atoms with Crippen molar-refractivity contribution in [1.82, 2.24) is 4.98 Å². The standard InChI is InChI=1S/C22H21NO/c1-14(2)11-16-9-10-23-20(13-16)19-6-4-5-18-17-8-7-15(3)12-21(17)24-22(18)19/h4-10,12-14H,11H2,1-3H3. The van der Waals surface area contributed by atoms with E-state index in [4.69, 9.17) is 4.42 Å². The fourth-order valence-corrected chi connectivity index (χ4v) is 3.33. The number of hydrogen-bond donors (Lipinski definition) is 0. The molecule has 0 unspecified atom stereocenters. The molecule has 0 N–H and O–H groups in total. The summed E-state index contributed by atoms with van der Waals surface area (Å²) < 4.78 is 6.20. The van der Waals surface area contributed by atoms with Crippen LogP contribution in [-0.2, 0) is 6.42 Å². The zero-order valence-electron chi connectivity index (χ0n) is 14.3. The number of fused-ring (bicyclic) bond motifs is 3. The van der Waals surface area contributed by atoms with Crippen LogP contribution in [0.1, 0.15) is 25.0 Å². The first-order valence-corrected chi connectivity index (χ1v) is 8.49. The Morgan fingerprint density at radius 3 is 2.71 bits per heavy atom. The van der Waals surface area contributed by atoms with Crippen LogP contribution in [0.4, 0.5) is 0 Å². The van der Waals surface area contributed by atoms with Gasteiger partial charge in [-0.15, -0.1) is 0 Å². The molecular formula is C22H21NO. The lowest BCUT2D eigenvalue weighted by atomic mass is 10.0. The van der Waals surface area contributed by atoms with E-state index in [2.05, 4.69) is 74.3 Å². The third-order valence-corrected chi connectivity index (χ3v) is 4.40. The second-order valence-electron chi connectivity index (χ2n) is 6.93. The number of hydrogen-bond acceptors (Lipinski definition) is 2. The van der Waals surface area contributed by atoms with Crippen molar-refractivity contribution >= 4 is 21.9 Å². The highest BCUT2D eigenvalue weighted by Crippen LogP contribution is 2.35. The molecule has 0 aliphatic rings. The van der Waals surface area contributed by atoms with Gasteiger partial charge in [0.1, 0.15) is 11.2 Å². The van der Waals surface area contributed by atoms with Gasteiger partial charge in [-0.3, -0.25) is 4.98 Å². The Morgan fingerprint density at radius 1 is 1.00 bits per heavy atom. The number of pyridine rings is 1. The van der Waals surface area contributed by atoms with E-state index in [0.717, 1.165) is 39.6 Å². The molecule has 0 saturated heterocycles. The van der Waals surface area contributed by atoms with E-state index in [1.807, 2.05) is 6.20 Å². The highest BCUT2D eigenvalue weighted by Gasteiger charge is 2.13. The van der Waals surface area contributed by atoms with Crippen LogP contribution in [0.3, 0.4) is 0 Å². The number of aromatic nitrogens is 1. The SMILES string of the molecule is Cc1ccc2c(c1)oc1c(-c3cc(CC(C)C)ccn3)cccc12. The van der Waals surface area contributed by atoms with E-state index in [9.17, 15) is 0 Å². The van der Waals surface area contributed by atoms with Crippen molar-refractivity contribution in [2.75, 3.05) is 0 Å². The highest BCUT2D eigenvalue weighted by molar-refractivity contribution is 6.09. The topological polar surface area (TPSA) is 26.0 Å². The lowest BCUT2D eigenvalue weighted by molar-refractivity contribution is 0.647. The van der Waals surface area contributed by atoms with Gasteiger partial charge in [-0.2, -0.15) is 0 Å². The molecule has 0 aliphatic carbocycles. The molecule has 120 valence electrons. The summed E-state index contributed by atoms with van der Waals surface area (Å²) in [7, 11) is 0. The largest absolute Gasteiger partial charge is 0.455 e. The molecule has 4 rings (SSSR count). The third kappa shape index (κ3) is 2.58. The van der Waals surface area contributed by atoms with Crippen LogP contribution in [0.25, 0.3) is 33.2 Å². The van der Waals surface area contributed by atoms with Gasteiger partial charge in [0.25, 0.3) is 0 Å². The van der Waals surface area contributed by atoms with Crippen LogP contribution in [0.5, 0.6) is 0 Å². The molecular weight excluding hydrogens is 294 g/mol. The maximum Gasteiger partial charge on any atom is 0.144 e. The highest BCUT2D eigenvalue weighted by atomic mass is 16.3. The minimum atomic E-state index is 0.630. The molecule has 2 heteroatoms. The van der Waals surface area contributed by atoms with Gasteiger partial charge >= 0.3 is 0 Å². The monoisotopic (exact) mass is 315 g/mol. The summed E-state index contributed by atoms with van der Waals surface area (Å²) in [5.41, 5.74) is 6.43. The zero-order chi connectivity index (χ0) is 16.7. The molecule has 0 spiro atoms. The Bertz CT molecular complexity index is 1030. The van der Waals surface area contributed by atoms with Crippen LogP contribution >= 0.6 is 0 Å². The minimum absolute atomic E-state index is 0.630. The molecule has 0 aliphatic heterocycles. The summed E-state index contributed by atoms with van der Waals surface area (Å²) in [5, 5.41) is 2.31. The van der Waals surface area contributed by atoms with E-state index in [0.29, 0.717) is 5.92 Å². The molecule has 2 aromatic heterocycles. The molecule has 0 atom stereocenters. The zero-order valence-corrected chi connectivity index (χ0v) is 14.3. The summed E-state index contributed by atoms with van der Waals surface area (Å²) in [6.45, 7) is 6.56. The first kappa shape index (κ1) is 14.9. The van der Waals surface area contributed by atoms with Crippen LogP contribution in [0.2, 0.25) is 0 Å². The average Bonchev–Trinajstić information content (AvgIpc) is 2.91. The smallest absolute Gasteiger partial charge is 0.144 e. The second-order valence-corrected chi connectivity index (χ2v) is 6.93. The third-order valence-electron chi connectivity index (χ3n) is 4.40. The number of aryl methyl sites for hydroxylation is 1. The molecule has 24 heavy (non-hydrogen) atoms. The fourth-order valence-electron chi connectivity index (χ4n) is 3.33. The van der Waals surface area contributed by atoms with Crippen molar-refractivity contribution in [3.63, 3.8) is 0 Å². The average molecular weight is 315 g/mol. The molecule has 2 nitrogen and oxygen atoms in total. The van der Waals surface area contributed by atoms with Crippen molar-refractivity contribution in [2.24, 2.45) is 5.92 Å². The van der Waals surface area contributed by atoms with E-state index in [1.165, 1.54) is 11.1 Å². The summed E-state index contributed by atoms with van der Waals surface area (Å²) >= 11 is 0. The Hall–Kier alpha value is -2.61. The van der Waals surface area contributed by atoms with Crippen LogP contribution < -0.4 is 0 Å². The molecule has 0 saturated carbocycles. The molecule has 0 amide bonds. The number of rotatable bonds is 3. The fraction of sp³-hybridized carbons (Fsp3) is 0.227. The molecule has 0 fully saturated rings. The van der Waals surface area contributed by atoms with E-state index >= 15 is 0 Å². The van der Waals surface area contributed by atoms with Crippen molar-refractivity contribution in [2.45, 2.75) is 27.2 Å². The first-order chi connectivity index (χ1) is 11.6. The van der Waals surface area contributed by atoms with Crippen LogP contribution in [-0.4, -0.2) is 4.98 Å². The first-order valence-electron chi connectivity index (χ1n) is 8.49. The lowest BCUT2D eigenvalue weighted by Gasteiger charge is -2.07. The molecule has 0 radical (unpaired) electrons. The van der Waals surface area contributed by atoms with Gasteiger partial charge in [0.05, 0.1) is 5.69 Å². The maximum absolute atomic E-state index is 6.20. The van der Waals surface area contributed by atoms with Gasteiger partial charge in [-0.1, -0.05) is 38.1 Å². The number of para-hydroxylation sites is 1. The number of furan rings is 1. The van der Waals surface area contributed by atoms with Crippen LogP contribution in [0, 0.1) is 12.8 Å². The Morgan fingerprint density at radius 2 is 1.88 bits per heavy atom. The Labute approximate surface area is 142 Å². The van der Waals surface area contributed by atoms with Gasteiger partial charge in [-0.05, 0) is 54.7 Å². The molecule has 4 aromatic rings. The molecule has 2 aromatic carbocycles. The van der Waals surface area contributed by atoms with Crippen molar-refractivity contribution < 1.29 is 4.42 Å². The lowest BCUT2D eigenvalue weighted by Crippen LogP contribution is -1.95. The van der Waals surface area contributed by atoms with E-state index in [1.54, 1.807) is 0 Å². The number of nitrogens with zero attached hydrogens (tertiary/aromatic N) is 1. The predicted molar refractivity (Wildman–Crippen MR) is 100 cm³/mol. The predicted octanol–water partition coefficient (Wildman–Crippen LogP) is 6.15. The van der Waals surface area contributed by atoms with Crippen molar-refractivity contribution in [3.05, 3.63) is 65.9 Å². The van der Waals surface area contributed by atoms with Crippen molar-refractivity contribution in [1.29, 1.82) is 0 Å². The van der Waals surface area contributed by atoms with E-state index in [-0.39, 0.29) is 0 Å². The Kier molecular flexibility index (Phi) is 3.61. The van der Waals surface area contributed by atoms with Gasteiger partial charge in [0.15, 0.2) is 0 Å². The van der Waals surface area contributed by atoms with E-state index < -0.39 is 0 Å².